The molecule has 10 nitrogen and oxygen atoms in total. The molecule has 0 aliphatic carbocycles. The molecule has 2 aromatic rings. The van der Waals surface area contributed by atoms with Gasteiger partial charge in [0.15, 0.2) is 0 Å². The summed E-state index contributed by atoms with van der Waals surface area (Å²) in [5, 5.41) is 27.0. The number of nitrogens with zero attached hydrogens (tertiary/aromatic N) is 1. The van der Waals surface area contributed by atoms with Crippen molar-refractivity contribution in [3.8, 4) is 17.2 Å². The van der Waals surface area contributed by atoms with Crippen molar-refractivity contribution in [1.29, 1.82) is 0 Å². The first-order valence-corrected chi connectivity index (χ1v) is 10.9. The topological polar surface area (TPSA) is 125 Å². The van der Waals surface area contributed by atoms with E-state index in [2.05, 4.69) is 20.7 Å². The summed E-state index contributed by atoms with van der Waals surface area (Å²) in [4.78, 5) is 14.7. The molecular formula is C23H27F3N4O6. The lowest BCUT2D eigenvalue weighted by molar-refractivity contribution is -0.274. The number of hydrogen-bond donors (Lipinski definition) is 5. The van der Waals surface area contributed by atoms with Crippen molar-refractivity contribution < 1.29 is 42.4 Å². The van der Waals surface area contributed by atoms with E-state index in [4.69, 9.17) is 14.6 Å². The Labute approximate surface area is 205 Å². The Hall–Kier alpha value is -3.84. The fourth-order valence-electron chi connectivity index (χ4n) is 3.38. The Bertz CT molecular complexity index is 1050. The Morgan fingerprint density at radius 2 is 1.86 bits per heavy atom. The molecule has 1 unspecified atom stereocenters. The molecule has 0 saturated heterocycles. The van der Waals surface area contributed by atoms with Gasteiger partial charge in [0, 0.05) is 26.2 Å². The highest BCUT2D eigenvalue weighted by atomic mass is 19.4. The van der Waals surface area contributed by atoms with Gasteiger partial charge in [-0.2, -0.15) is 0 Å². The zero-order valence-electron chi connectivity index (χ0n) is 19.3. The summed E-state index contributed by atoms with van der Waals surface area (Å²) in [6.45, 7) is 0.523. The predicted octanol–water partition coefficient (Wildman–Crippen LogP) is 1.57. The van der Waals surface area contributed by atoms with Crippen molar-refractivity contribution in [1.82, 2.24) is 20.9 Å². The minimum absolute atomic E-state index is 0.0690. The molecule has 0 aromatic heterocycles. The second kappa shape index (κ2) is 12.2. The highest BCUT2D eigenvalue weighted by Gasteiger charge is 2.37. The number of benzene rings is 2. The summed E-state index contributed by atoms with van der Waals surface area (Å²) >= 11 is 0. The zero-order valence-corrected chi connectivity index (χ0v) is 19.3. The standard InChI is InChI=1S/C23H27F3N4O6/c1-27-20-19(21(33)28-9-11-34-12-10-31)30(14-15-5-7-16(32)8-6-15)22(29-20)35-17-3-2-4-18(13-17)36-23(24,25)26/h2-8,13,22,27,29,31-32H,9-12,14H2,1H3,(H,28,33). The monoisotopic (exact) mass is 512 g/mol. The first-order chi connectivity index (χ1) is 17.2. The lowest BCUT2D eigenvalue weighted by atomic mass is 10.2. The number of hydrogen-bond acceptors (Lipinski definition) is 9. The van der Waals surface area contributed by atoms with Crippen molar-refractivity contribution in [3.05, 3.63) is 65.6 Å². The number of amides is 1. The van der Waals surface area contributed by atoms with Gasteiger partial charge >= 0.3 is 6.36 Å². The summed E-state index contributed by atoms with van der Waals surface area (Å²) in [6, 6.07) is 11.4. The third kappa shape index (κ3) is 7.58. The molecule has 0 radical (unpaired) electrons. The molecule has 196 valence electrons. The molecule has 0 spiro atoms. The summed E-state index contributed by atoms with van der Waals surface area (Å²) in [6.07, 6.45) is -5.84. The molecule has 0 bridgehead atoms. The van der Waals surface area contributed by atoms with Gasteiger partial charge in [-0.3, -0.25) is 4.79 Å². The van der Waals surface area contributed by atoms with Crippen LogP contribution in [0.3, 0.4) is 0 Å². The summed E-state index contributed by atoms with van der Waals surface area (Å²) in [5.41, 5.74) is 0.923. The number of phenolic OH excluding ortho intramolecular Hbond substituents is 1. The van der Waals surface area contributed by atoms with Crippen LogP contribution in [0.2, 0.25) is 0 Å². The lowest BCUT2D eigenvalue weighted by Crippen LogP contribution is -2.44. The summed E-state index contributed by atoms with van der Waals surface area (Å²) in [7, 11) is 1.60. The van der Waals surface area contributed by atoms with Crippen molar-refractivity contribution in [3.63, 3.8) is 0 Å². The number of phenols is 1. The van der Waals surface area contributed by atoms with Gasteiger partial charge in [0.05, 0.1) is 19.8 Å². The molecule has 36 heavy (non-hydrogen) atoms. The molecule has 5 N–H and O–H groups in total. The van der Waals surface area contributed by atoms with Crippen LogP contribution in [0.25, 0.3) is 0 Å². The first-order valence-electron chi connectivity index (χ1n) is 10.9. The van der Waals surface area contributed by atoms with Gasteiger partial charge in [0.2, 0.25) is 0 Å². The quantitative estimate of drug-likeness (QED) is 0.270. The maximum absolute atomic E-state index is 13.1. The highest BCUT2D eigenvalue weighted by molar-refractivity contribution is 5.94. The Morgan fingerprint density at radius 1 is 1.14 bits per heavy atom. The summed E-state index contributed by atoms with van der Waals surface area (Å²) in [5.74, 6) is -0.446. The predicted molar refractivity (Wildman–Crippen MR) is 121 cm³/mol. The summed E-state index contributed by atoms with van der Waals surface area (Å²) < 4.78 is 52.9. The second-order valence-corrected chi connectivity index (χ2v) is 7.50. The van der Waals surface area contributed by atoms with Crippen LogP contribution in [0.4, 0.5) is 13.2 Å². The number of carbonyl (C=O) groups excluding carboxylic acids is 1. The number of alkyl halides is 3. The maximum atomic E-state index is 13.1. The van der Waals surface area contributed by atoms with Gasteiger partial charge < -0.3 is 45.3 Å². The number of rotatable bonds is 12. The molecule has 13 heteroatoms. The first kappa shape index (κ1) is 26.8. The van der Waals surface area contributed by atoms with Crippen LogP contribution in [0, 0.1) is 0 Å². The van der Waals surface area contributed by atoms with Crippen LogP contribution in [-0.4, -0.2) is 67.1 Å². The van der Waals surface area contributed by atoms with Crippen LogP contribution in [0.5, 0.6) is 17.2 Å². The minimum Gasteiger partial charge on any atom is -0.508 e. The van der Waals surface area contributed by atoms with Gasteiger partial charge in [-0.15, -0.1) is 13.2 Å². The van der Waals surface area contributed by atoms with E-state index >= 15 is 0 Å². The fourth-order valence-corrected chi connectivity index (χ4v) is 3.38. The van der Waals surface area contributed by atoms with Crippen LogP contribution < -0.4 is 25.4 Å². The average molecular weight is 512 g/mol. The molecular weight excluding hydrogens is 485 g/mol. The Morgan fingerprint density at radius 3 is 2.53 bits per heavy atom. The van der Waals surface area contributed by atoms with E-state index in [1.165, 1.54) is 24.3 Å². The molecule has 1 aliphatic rings. The van der Waals surface area contributed by atoms with E-state index in [0.29, 0.717) is 5.82 Å². The van der Waals surface area contributed by atoms with Crippen LogP contribution in [0.15, 0.2) is 60.0 Å². The molecule has 1 aliphatic heterocycles. The SMILES string of the molecule is CNC1=C(C(=O)NCCOCCO)N(Cc2ccc(O)cc2)C(Oc2cccc(OC(F)(F)F)c2)N1. The highest BCUT2D eigenvalue weighted by Crippen LogP contribution is 2.29. The van der Waals surface area contributed by atoms with Crippen molar-refractivity contribution in [2.75, 3.05) is 33.4 Å². The van der Waals surface area contributed by atoms with E-state index in [0.717, 1.165) is 17.7 Å². The largest absolute Gasteiger partial charge is 0.573 e. The van der Waals surface area contributed by atoms with Crippen molar-refractivity contribution >= 4 is 5.91 Å². The molecule has 1 atom stereocenters. The number of nitrogens with one attached hydrogen (secondary N) is 3. The Balaban J connectivity index is 1.82. The fraction of sp³-hybridized carbons (Fsp3) is 0.348. The van der Waals surface area contributed by atoms with Gasteiger partial charge in [-0.1, -0.05) is 18.2 Å². The number of aliphatic hydroxyl groups is 1. The molecule has 0 saturated carbocycles. The second-order valence-electron chi connectivity index (χ2n) is 7.50. The normalized spacial score (nSPS) is 15.5. The van der Waals surface area contributed by atoms with E-state index in [9.17, 15) is 23.1 Å². The third-order valence-corrected chi connectivity index (χ3v) is 4.88. The maximum Gasteiger partial charge on any atom is 0.573 e. The zero-order chi connectivity index (χ0) is 26.1. The van der Waals surface area contributed by atoms with Crippen molar-refractivity contribution in [2.45, 2.75) is 19.3 Å². The number of halogens is 3. The molecule has 2 aromatic carbocycles. The van der Waals surface area contributed by atoms with Crippen LogP contribution in [-0.2, 0) is 16.1 Å². The smallest absolute Gasteiger partial charge is 0.508 e. The third-order valence-electron chi connectivity index (χ3n) is 4.88. The van der Waals surface area contributed by atoms with Crippen LogP contribution in [0.1, 0.15) is 5.56 Å². The molecule has 1 amide bonds. The molecule has 1 heterocycles. The number of ether oxygens (including phenoxy) is 3. The van der Waals surface area contributed by atoms with Gasteiger partial charge in [0.25, 0.3) is 12.3 Å². The Kier molecular flexibility index (Phi) is 9.08. The van der Waals surface area contributed by atoms with Gasteiger partial charge in [-0.05, 0) is 29.8 Å². The molecule has 3 rings (SSSR count). The number of aliphatic hydroxyl groups excluding tert-OH is 1. The number of aromatic hydroxyl groups is 1. The lowest BCUT2D eigenvalue weighted by Gasteiger charge is -2.28. The number of carbonyl (C=O) groups is 1. The minimum atomic E-state index is -4.86. The van der Waals surface area contributed by atoms with E-state index in [1.54, 1.807) is 24.1 Å². The van der Waals surface area contributed by atoms with Crippen molar-refractivity contribution in [2.24, 2.45) is 0 Å². The van der Waals surface area contributed by atoms with E-state index in [-0.39, 0.29) is 50.1 Å². The van der Waals surface area contributed by atoms with E-state index in [1.807, 2.05) is 0 Å². The van der Waals surface area contributed by atoms with E-state index < -0.39 is 24.4 Å². The van der Waals surface area contributed by atoms with Gasteiger partial charge in [0.1, 0.15) is 28.8 Å². The van der Waals surface area contributed by atoms with Crippen LogP contribution >= 0.6 is 0 Å². The average Bonchev–Trinajstić information content (AvgIpc) is 3.16. The van der Waals surface area contributed by atoms with Gasteiger partial charge in [-0.25, -0.2) is 0 Å². The molecule has 0 fully saturated rings.